The molecule has 0 saturated heterocycles. The molecule has 3 aromatic rings. The van der Waals surface area contributed by atoms with Crippen LogP contribution in [-0.2, 0) is 17.4 Å². The van der Waals surface area contributed by atoms with Gasteiger partial charge in [0, 0.05) is 6.42 Å². The van der Waals surface area contributed by atoms with Crippen LogP contribution >= 0.6 is 11.8 Å². The number of anilines is 1. The Bertz CT molecular complexity index is 1120. The summed E-state index contributed by atoms with van der Waals surface area (Å²) >= 11 is 1.09. The van der Waals surface area contributed by atoms with Gasteiger partial charge in [0.1, 0.15) is 11.1 Å². The van der Waals surface area contributed by atoms with Crippen molar-refractivity contribution in [2.45, 2.75) is 42.4 Å². The Morgan fingerprint density at radius 1 is 1.16 bits per heavy atom. The molecule has 0 fully saturated rings. The fourth-order valence-electron chi connectivity index (χ4n) is 3.45. The third kappa shape index (κ3) is 4.43. The number of halogens is 4. The molecule has 2 aromatic carbocycles. The number of hydrogen-bond donors (Lipinski definition) is 2. The first-order valence-electron chi connectivity index (χ1n) is 9.88. The lowest BCUT2D eigenvalue weighted by Gasteiger charge is -2.33. The van der Waals surface area contributed by atoms with Gasteiger partial charge in [0.25, 0.3) is 0 Å². The molecule has 0 unspecified atom stereocenters. The molecule has 2 atom stereocenters. The first-order valence-corrected chi connectivity index (χ1v) is 10.8. The minimum absolute atomic E-state index is 0.331. The second-order valence-corrected chi connectivity index (χ2v) is 8.32. The van der Waals surface area contributed by atoms with Gasteiger partial charge in [0.2, 0.25) is 11.1 Å². The first-order chi connectivity index (χ1) is 15.3. The van der Waals surface area contributed by atoms with Crippen molar-refractivity contribution < 1.29 is 22.4 Å². The molecule has 1 aromatic heterocycles. The van der Waals surface area contributed by atoms with Gasteiger partial charge in [-0.05, 0) is 36.2 Å². The van der Waals surface area contributed by atoms with Crippen molar-refractivity contribution in [3.63, 3.8) is 0 Å². The lowest BCUT2D eigenvalue weighted by molar-refractivity contribution is -0.137. The third-order valence-corrected chi connectivity index (χ3v) is 6.17. The van der Waals surface area contributed by atoms with E-state index >= 15 is 0 Å². The number of thioether (sulfide) groups is 1. The molecule has 2 heterocycles. The zero-order chi connectivity index (χ0) is 22.9. The highest BCUT2D eigenvalue weighted by atomic mass is 32.2. The van der Waals surface area contributed by atoms with Crippen molar-refractivity contribution in [1.29, 1.82) is 0 Å². The van der Waals surface area contributed by atoms with Crippen LogP contribution in [0.15, 0.2) is 53.7 Å². The third-order valence-electron chi connectivity index (χ3n) is 4.96. The van der Waals surface area contributed by atoms with Crippen molar-refractivity contribution in [2.75, 3.05) is 10.7 Å². The van der Waals surface area contributed by atoms with Crippen molar-refractivity contribution in [3.8, 4) is 0 Å². The normalized spacial score (nSPS) is 18.0. The summed E-state index contributed by atoms with van der Waals surface area (Å²) in [5.41, 5.74) is 2.53. The van der Waals surface area contributed by atoms with E-state index in [1.807, 2.05) is 6.92 Å². The summed E-state index contributed by atoms with van der Waals surface area (Å²) < 4.78 is 55.2. The van der Waals surface area contributed by atoms with E-state index in [0.29, 0.717) is 23.0 Å². The molecule has 1 amide bonds. The van der Waals surface area contributed by atoms with Gasteiger partial charge in [-0.1, -0.05) is 43.0 Å². The molecule has 4 rings (SSSR count). The Labute approximate surface area is 185 Å². The van der Waals surface area contributed by atoms with E-state index in [4.69, 9.17) is 0 Å². The van der Waals surface area contributed by atoms with Gasteiger partial charge in [-0.25, -0.2) is 9.07 Å². The van der Waals surface area contributed by atoms with Crippen LogP contribution in [0, 0.1) is 5.82 Å². The molecule has 0 aliphatic carbocycles. The van der Waals surface area contributed by atoms with Crippen LogP contribution in [0.25, 0.3) is 0 Å². The molecule has 6 nitrogen and oxygen atoms in total. The molecule has 168 valence electrons. The van der Waals surface area contributed by atoms with E-state index in [1.54, 1.807) is 4.68 Å². The highest BCUT2D eigenvalue weighted by Gasteiger charge is 2.39. The maximum absolute atomic E-state index is 13.5. The smallest absolute Gasteiger partial charge is 0.324 e. The largest absolute Gasteiger partial charge is 0.418 e. The van der Waals surface area contributed by atoms with Crippen LogP contribution in [0.5, 0.6) is 0 Å². The average Bonchev–Trinajstić information content (AvgIpc) is 3.15. The van der Waals surface area contributed by atoms with Gasteiger partial charge in [0.15, 0.2) is 5.82 Å². The van der Waals surface area contributed by atoms with Crippen LogP contribution in [0.1, 0.15) is 36.3 Å². The fourth-order valence-corrected chi connectivity index (χ4v) is 4.55. The molecule has 0 saturated carbocycles. The predicted molar refractivity (Wildman–Crippen MR) is 112 cm³/mol. The lowest BCUT2D eigenvalue weighted by Crippen LogP contribution is -2.41. The highest BCUT2D eigenvalue weighted by Crippen LogP contribution is 2.39. The first kappa shape index (κ1) is 22.1. The molecule has 0 bridgehead atoms. The molecular formula is C21H19F4N5OS. The molecule has 0 spiro atoms. The van der Waals surface area contributed by atoms with Crippen molar-refractivity contribution in [1.82, 2.24) is 14.9 Å². The van der Waals surface area contributed by atoms with Crippen molar-refractivity contribution in [3.05, 3.63) is 71.3 Å². The van der Waals surface area contributed by atoms with E-state index < -0.39 is 34.8 Å². The molecule has 1 aliphatic rings. The summed E-state index contributed by atoms with van der Waals surface area (Å²) in [7, 11) is 0. The monoisotopic (exact) mass is 465 g/mol. The summed E-state index contributed by atoms with van der Waals surface area (Å²) in [6.07, 6.45) is -3.15. The Balaban J connectivity index is 1.68. The average molecular weight is 465 g/mol. The van der Waals surface area contributed by atoms with E-state index in [9.17, 15) is 22.4 Å². The second kappa shape index (κ2) is 8.81. The van der Waals surface area contributed by atoms with Gasteiger partial charge in [-0.15, -0.1) is 10.2 Å². The molecular weight excluding hydrogens is 446 g/mol. The highest BCUT2D eigenvalue weighted by molar-refractivity contribution is 8.00. The fraction of sp³-hybridized carbons (Fsp3) is 0.286. The number of fused-ring (bicyclic) bond motifs is 1. The van der Waals surface area contributed by atoms with Crippen LogP contribution < -0.4 is 10.7 Å². The minimum atomic E-state index is -4.62. The Morgan fingerprint density at radius 2 is 1.88 bits per heavy atom. The zero-order valence-corrected chi connectivity index (χ0v) is 17.7. The van der Waals surface area contributed by atoms with E-state index in [0.717, 1.165) is 24.2 Å². The lowest BCUT2D eigenvalue weighted by atomic mass is 10.0. The Hall–Kier alpha value is -3.08. The van der Waals surface area contributed by atoms with Gasteiger partial charge < -0.3 is 10.7 Å². The predicted octanol–water partition coefficient (Wildman–Crippen LogP) is 4.79. The number of nitrogens with one attached hydrogen (secondary N) is 2. The SMILES string of the molecule is CCCc1nnc2n1N[C@H](c1ccc(F)cc1)[C@H](C(=O)Nc1ccccc1C(F)(F)F)S2. The van der Waals surface area contributed by atoms with Gasteiger partial charge in [0.05, 0.1) is 17.3 Å². The van der Waals surface area contributed by atoms with Crippen LogP contribution in [0.2, 0.25) is 0 Å². The molecule has 11 heteroatoms. The summed E-state index contributed by atoms with van der Waals surface area (Å²) in [6, 6.07) is 9.74. The minimum Gasteiger partial charge on any atom is -0.324 e. The number of amides is 1. The van der Waals surface area contributed by atoms with E-state index in [2.05, 4.69) is 20.9 Å². The maximum Gasteiger partial charge on any atom is 0.418 e. The number of aromatic nitrogens is 3. The maximum atomic E-state index is 13.5. The molecule has 1 aliphatic heterocycles. The topological polar surface area (TPSA) is 71.8 Å². The van der Waals surface area contributed by atoms with Gasteiger partial charge >= 0.3 is 6.18 Å². The number of para-hydroxylation sites is 1. The van der Waals surface area contributed by atoms with E-state index in [1.165, 1.54) is 42.5 Å². The number of aryl methyl sites for hydroxylation is 1. The Morgan fingerprint density at radius 3 is 2.56 bits per heavy atom. The Kier molecular flexibility index (Phi) is 6.09. The number of benzene rings is 2. The summed E-state index contributed by atoms with van der Waals surface area (Å²) in [4.78, 5) is 13.2. The van der Waals surface area contributed by atoms with Crippen molar-refractivity contribution in [2.24, 2.45) is 0 Å². The summed E-state index contributed by atoms with van der Waals surface area (Å²) in [5, 5.41) is 10.2. The molecule has 32 heavy (non-hydrogen) atoms. The molecule has 0 radical (unpaired) electrons. The number of hydrogen-bond acceptors (Lipinski definition) is 5. The van der Waals surface area contributed by atoms with Crippen molar-refractivity contribution >= 4 is 23.4 Å². The summed E-state index contributed by atoms with van der Waals surface area (Å²) in [5.74, 6) is -0.405. The standard InChI is InChI=1S/C21H19F4N5OS/c1-2-5-16-27-28-20-30(16)29-17(12-8-10-13(22)11-9-12)18(32-20)19(31)26-15-7-4-3-6-14(15)21(23,24)25/h3-4,6-11,17-18,29H,2,5H2,1H3,(H,26,31)/t17-,18-/m1/s1. The number of nitrogens with zero attached hydrogens (tertiary/aromatic N) is 3. The number of carbonyl (C=O) groups excluding carboxylic acids is 1. The zero-order valence-electron chi connectivity index (χ0n) is 16.9. The van der Waals surface area contributed by atoms with Crippen LogP contribution in [0.3, 0.4) is 0 Å². The number of carbonyl (C=O) groups is 1. The van der Waals surface area contributed by atoms with Gasteiger partial charge in [-0.2, -0.15) is 13.2 Å². The molecule has 2 N–H and O–H groups in total. The number of alkyl halides is 3. The van der Waals surface area contributed by atoms with Crippen LogP contribution in [-0.4, -0.2) is 26.0 Å². The number of rotatable bonds is 5. The van der Waals surface area contributed by atoms with Gasteiger partial charge in [-0.3, -0.25) is 4.79 Å². The quantitative estimate of drug-likeness (QED) is 0.531. The summed E-state index contributed by atoms with van der Waals surface area (Å²) in [6.45, 7) is 1.99. The van der Waals surface area contributed by atoms with Crippen LogP contribution in [0.4, 0.5) is 23.2 Å². The van der Waals surface area contributed by atoms with E-state index in [-0.39, 0.29) is 5.69 Å². The second-order valence-electron chi connectivity index (χ2n) is 7.21.